The van der Waals surface area contributed by atoms with E-state index >= 15 is 0 Å². The number of hydrogen-bond acceptors (Lipinski definition) is 3. The maximum atomic E-state index is 13.9. The number of halogens is 3. The number of pyridine rings is 1. The van der Waals surface area contributed by atoms with E-state index < -0.39 is 17.2 Å². The molecule has 3 aliphatic rings. The quantitative estimate of drug-likeness (QED) is 0.517. The Kier molecular flexibility index (Phi) is 5.94. The van der Waals surface area contributed by atoms with E-state index in [0.29, 0.717) is 35.7 Å². The molecule has 4 nitrogen and oxygen atoms in total. The van der Waals surface area contributed by atoms with Crippen LogP contribution in [-0.2, 0) is 30.4 Å². The molecule has 0 bridgehead atoms. The van der Waals surface area contributed by atoms with Crippen LogP contribution in [0.25, 0.3) is 0 Å². The Morgan fingerprint density at radius 3 is 2.77 bits per heavy atom. The van der Waals surface area contributed by atoms with Crippen LogP contribution in [0.15, 0.2) is 48.7 Å². The summed E-state index contributed by atoms with van der Waals surface area (Å²) in [5.41, 5.74) is 2.80. The number of rotatable bonds is 4. The van der Waals surface area contributed by atoms with Crippen molar-refractivity contribution in [2.24, 2.45) is 17.3 Å². The molecular formula is C28H28F3N3O. The van der Waals surface area contributed by atoms with E-state index in [9.17, 15) is 18.0 Å². The number of aromatic nitrogens is 1. The molecule has 2 aliphatic carbocycles. The van der Waals surface area contributed by atoms with Gasteiger partial charge in [-0.15, -0.1) is 0 Å². The normalized spacial score (nSPS) is 25.6. The molecule has 0 radical (unpaired) electrons. The molecule has 1 aliphatic heterocycles. The van der Waals surface area contributed by atoms with Crippen LogP contribution in [0, 0.1) is 28.6 Å². The third kappa shape index (κ3) is 4.35. The van der Waals surface area contributed by atoms with Gasteiger partial charge >= 0.3 is 6.18 Å². The largest absolute Gasteiger partial charge is 0.417 e. The Balaban J connectivity index is 1.31. The van der Waals surface area contributed by atoms with Gasteiger partial charge in [0.2, 0.25) is 5.91 Å². The summed E-state index contributed by atoms with van der Waals surface area (Å²) in [7, 11) is 0. The lowest BCUT2D eigenvalue weighted by molar-refractivity contribution is -0.144. The van der Waals surface area contributed by atoms with E-state index in [2.05, 4.69) is 17.6 Å². The molecule has 35 heavy (non-hydrogen) atoms. The summed E-state index contributed by atoms with van der Waals surface area (Å²) in [6, 6.07) is 10.8. The van der Waals surface area contributed by atoms with Crippen molar-refractivity contribution in [1.29, 1.82) is 5.26 Å². The molecule has 7 heteroatoms. The lowest BCUT2D eigenvalue weighted by Gasteiger charge is -2.37. The van der Waals surface area contributed by atoms with Crippen LogP contribution >= 0.6 is 0 Å². The predicted molar refractivity (Wildman–Crippen MR) is 125 cm³/mol. The highest BCUT2D eigenvalue weighted by Crippen LogP contribution is 2.59. The summed E-state index contributed by atoms with van der Waals surface area (Å²) < 4.78 is 39.6. The van der Waals surface area contributed by atoms with Crippen LogP contribution in [0.2, 0.25) is 0 Å². The third-order valence-electron chi connectivity index (χ3n) is 8.31. The first-order valence-electron chi connectivity index (χ1n) is 12.2. The highest BCUT2D eigenvalue weighted by Gasteiger charge is 2.56. The molecule has 1 amide bonds. The van der Waals surface area contributed by atoms with Crippen LogP contribution in [0.4, 0.5) is 13.2 Å². The van der Waals surface area contributed by atoms with Crippen LogP contribution in [0.3, 0.4) is 0 Å². The Hall–Kier alpha value is -3.14. The lowest BCUT2D eigenvalue weighted by Crippen LogP contribution is -2.46. The number of nitrogens with zero attached hydrogens (tertiary/aromatic N) is 3. The van der Waals surface area contributed by atoms with E-state index in [1.807, 2.05) is 24.3 Å². The Labute approximate surface area is 203 Å². The molecule has 5 rings (SSSR count). The van der Waals surface area contributed by atoms with Gasteiger partial charge in [0.25, 0.3) is 0 Å². The lowest BCUT2D eigenvalue weighted by atomic mass is 9.77. The SMILES string of the molecule is C=C(Cc1ccc(C#N)cc1)C1CC2CCCC2(C(=O)N2CCc3ncc(C(F)(F)F)cc3C2)C1. The van der Waals surface area contributed by atoms with E-state index in [1.54, 1.807) is 4.90 Å². The number of carbonyl (C=O) groups is 1. The minimum absolute atomic E-state index is 0.0942. The van der Waals surface area contributed by atoms with Crippen molar-refractivity contribution < 1.29 is 18.0 Å². The molecule has 0 spiro atoms. The van der Waals surface area contributed by atoms with Gasteiger partial charge in [-0.05, 0) is 73.3 Å². The maximum absolute atomic E-state index is 13.9. The molecule has 1 aromatic heterocycles. The highest BCUT2D eigenvalue weighted by atomic mass is 19.4. The third-order valence-corrected chi connectivity index (χ3v) is 8.31. The molecule has 3 unspecified atom stereocenters. The second-order valence-corrected chi connectivity index (χ2v) is 10.3. The first-order valence-corrected chi connectivity index (χ1v) is 12.2. The van der Waals surface area contributed by atoms with Crippen molar-refractivity contribution in [3.8, 4) is 6.07 Å². The topological polar surface area (TPSA) is 57.0 Å². The molecular weight excluding hydrogens is 451 g/mol. The molecule has 2 saturated carbocycles. The fourth-order valence-electron chi connectivity index (χ4n) is 6.48. The van der Waals surface area contributed by atoms with Gasteiger partial charge in [-0.1, -0.05) is 30.7 Å². The summed E-state index contributed by atoms with van der Waals surface area (Å²) in [6.07, 6.45) is 2.19. The Morgan fingerprint density at radius 1 is 1.29 bits per heavy atom. The van der Waals surface area contributed by atoms with Crippen molar-refractivity contribution in [3.05, 3.63) is 76.6 Å². The number of hydrogen-bond donors (Lipinski definition) is 0. The van der Waals surface area contributed by atoms with Gasteiger partial charge < -0.3 is 4.90 Å². The second-order valence-electron chi connectivity index (χ2n) is 10.3. The summed E-state index contributed by atoms with van der Waals surface area (Å²) in [5, 5.41) is 9.01. The molecule has 3 atom stereocenters. The zero-order valence-corrected chi connectivity index (χ0v) is 19.6. The Morgan fingerprint density at radius 2 is 2.06 bits per heavy atom. The minimum atomic E-state index is -4.45. The summed E-state index contributed by atoms with van der Waals surface area (Å²) in [6.45, 7) is 5.05. The van der Waals surface area contributed by atoms with Gasteiger partial charge in [-0.2, -0.15) is 18.4 Å². The average Bonchev–Trinajstić information content (AvgIpc) is 3.41. The predicted octanol–water partition coefficient (Wildman–Crippen LogP) is 5.85. The van der Waals surface area contributed by atoms with E-state index in [-0.39, 0.29) is 18.4 Å². The zero-order chi connectivity index (χ0) is 24.8. The van der Waals surface area contributed by atoms with Gasteiger partial charge in [0.15, 0.2) is 0 Å². The molecule has 182 valence electrons. The number of carbonyl (C=O) groups excluding carboxylic acids is 1. The van der Waals surface area contributed by atoms with Gasteiger partial charge in [0, 0.05) is 31.4 Å². The van der Waals surface area contributed by atoms with Crippen LogP contribution < -0.4 is 0 Å². The van der Waals surface area contributed by atoms with Crippen LogP contribution in [0.5, 0.6) is 0 Å². The monoisotopic (exact) mass is 479 g/mol. The number of allylic oxidation sites excluding steroid dienone is 1. The average molecular weight is 480 g/mol. The number of benzene rings is 1. The standard InChI is InChI=1S/C28H28F3N3O/c1-18(11-19-4-6-20(15-32)7-5-19)21-12-23-3-2-9-27(23,14-21)26(35)34-10-8-25-22(17-34)13-24(16-33-25)28(29,30)31/h4-7,13,16,21,23H,1-3,8-12,14,17H2. The molecule has 0 N–H and O–H groups in total. The first-order chi connectivity index (χ1) is 16.7. The van der Waals surface area contributed by atoms with Gasteiger partial charge in [0.05, 0.1) is 22.6 Å². The first kappa shape index (κ1) is 23.6. The van der Waals surface area contributed by atoms with Crippen molar-refractivity contribution >= 4 is 5.91 Å². The number of fused-ring (bicyclic) bond motifs is 2. The van der Waals surface area contributed by atoms with Crippen molar-refractivity contribution in [2.75, 3.05) is 6.54 Å². The maximum Gasteiger partial charge on any atom is 0.417 e. The van der Waals surface area contributed by atoms with Crippen molar-refractivity contribution in [1.82, 2.24) is 9.88 Å². The zero-order valence-electron chi connectivity index (χ0n) is 19.6. The van der Waals surface area contributed by atoms with Crippen molar-refractivity contribution in [3.63, 3.8) is 0 Å². The molecule has 2 aromatic rings. The molecule has 1 aromatic carbocycles. The Bertz CT molecular complexity index is 1200. The van der Waals surface area contributed by atoms with E-state index in [1.165, 1.54) is 0 Å². The van der Waals surface area contributed by atoms with E-state index in [4.69, 9.17) is 5.26 Å². The summed E-state index contributed by atoms with van der Waals surface area (Å²) in [5.74, 6) is 0.631. The number of alkyl halides is 3. The van der Waals surface area contributed by atoms with Gasteiger partial charge in [-0.3, -0.25) is 9.78 Å². The van der Waals surface area contributed by atoms with E-state index in [0.717, 1.165) is 61.9 Å². The number of amides is 1. The second kappa shape index (κ2) is 8.82. The van der Waals surface area contributed by atoms with Gasteiger partial charge in [0.1, 0.15) is 0 Å². The summed E-state index contributed by atoms with van der Waals surface area (Å²) in [4.78, 5) is 19.7. The van der Waals surface area contributed by atoms with Crippen LogP contribution in [-0.4, -0.2) is 22.3 Å². The molecule has 2 fully saturated rings. The van der Waals surface area contributed by atoms with Crippen molar-refractivity contribution in [2.45, 2.75) is 57.7 Å². The number of nitriles is 1. The van der Waals surface area contributed by atoms with Crippen LogP contribution in [0.1, 0.15) is 60.1 Å². The molecule has 0 saturated heterocycles. The minimum Gasteiger partial charge on any atom is -0.337 e. The molecule has 2 heterocycles. The smallest absolute Gasteiger partial charge is 0.337 e. The fraction of sp³-hybridized carbons (Fsp3) is 0.464. The highest BCUT2D eigenvalue weighted by molar-refractivity contribution is 5.84. The summed E-state index contributed by atoms with van der Waals surface area (Å²) >= 11 is 0. The van der Waals surface area contributed by atoms with Gasteiger partial charge in [-0.25, -0.2) is 0 Å². The fourth-order valence-corrected chi connectivity index (χ4v) is 6.48.